The molecule has 1 saturated heterocycles. The molecule has 2 heterocycles. The van der Waals surface area contributed by atoms with Crippen LogP contribution in [0.15, 0.2) is 59.4 Å². The first-order chi connectivity index (χ1) is 13.1. The normalized spacial score (nSPS) is 15.1. The van der Waals surface area contributed by atoms with E-state index < -0.39 is 0 Å². The first-order valence-corrected chi connectivity index (χ1v) is 9.08. The van der Waals surface area contributed by atoms with Crippen LogP contribution in [-0.4, -0.2) is 49.0 Å². The number of likely N-dealkylation sites (N-methyl/N-ethyl adjacent to an activating group) is 1. The molecular weight excluding hydrogens is 340 g/mol. The number of para-hydroxylation sites is 3. The van der Waals surface area contributed by atoms with Crippen molar-refractivity contribution in [2.75, 3.05) is 43.4 Å². The van der Waals surface area contributed by atoms with Gasteiger partial charge >= 0.3 is 0 Å². The zero-order chi connectivity index (χ0) is 18.8. The Kier molecular flexibility index (Phi) is 4.64. The molecule has 27 heavy (non-hydrogen) atoms. The average molecular weight is 362 g/mol. The molecule has 1 aliphatic heterocycles. The van der Waals surface area contributed by atoms with Crippen molar-refractivity contribution >= 4 is 28.2 Å². The summed E-state index contributed by atoms with van der Waals surface area (Å²) in [6.45, 7) is 3.80. The molecule has 1 aliphatic rings. The van der Waals surface area contributed by atoms with E-state index in [9.17, 15) is 9.59 Å². The third-order valence-corrected chi connectivity index (χ3v) is 4.99. The van der Waals surface area contributed by atoms with Crippen molar-refractivity contribution in [2.45, 2.75) is 0 Å². The molecule has 1 fully saturated rings. The Bertz CT molecular complexity index is 1040. The fourth-order valence-electron chi connectivity index (χ4n) is 3.48. The largest absolute Gasteiger partial charge is 0.367 e. The van der Waals surface area contributed by atoms with Crippen LogP contribution < -0.4 is 15.8 Å². The highest BCUT2D eigenvalue weighted by Crippen LogP contribution is 2.27. The second-order valence-corrected chi connectivity index (χ2v) is 6.85. The number of benzene rings is 2. The zero-order valence-corrected chi connectivity index (χ0v) is 15.2. The lowest BCUT2D eigenvalue weighted by molar-refractivity contribution is 0.102. The highest BCUT2D eigenvalue weighted by molar-refractivity contribution is 6.13. The summed E-state index contributed by atoms with van der Waals surface area (Å²) in [7, 11) is 2.11. The molecule has 0 aliphatic carbocycles. The van der Waals surface area contributed by atoms with Crippen molar-refractivity contribution in [3.05, 3.63) is 70.5 Å². The Balaban J connectivity index is 1.66. The van der Waals surface area contributed by atoms with E-state index in [0.29, 0.717) is 11.1 Å². The molecule has 0 bridgehead atoms. The molecule has 2 N–H and O–H groups in total. The smallest absolute Gasteiger partial charge is 0.256 e. The van der Waals surface area contributed by atoms with Crippen LogP contribution in [0.5, 0.6) is 0 Å². The van der Waals surface area contributed by atoms with Crippen LogP contribution >= 0.6 is 0 Å². The third-order valence-electron chi connectivity index (χ3n) is 4.99. The van der Waals surface area contributed by atoms with E-state index in [1.54, 1.807) is 6.07 Å². The van der Waals surface area contributed by atoms with E-state index in [4.69, 9.17) is 0 Å². The number of carbonyl (C=O) groups is 1. The van der Waals surface area contributed by atoms with Crippen LogP contribution in [0.1, 0.15) is 10.4 Å². The molecule has 0 saturated carbocycles. The topological polar surface area (TPSA) is 68.4 Å². The van der Waals surface area contributed by atoms with Gasteiger partial charge in [-0.25, -0.2) is 0 Å². The Morgan fingerprint density at radius 3 is 2.52 bits per heavy atom. The molecule has 0 unspecified atom stereocenters. The number of fused-ring (bicyclic) bond motifs is 1. The number of hydrogen-bond acceptors (Lipinski definition) is 4. The minimum atomic E-state index is -0.286. The molecule has 0 radical (unpaired) electrons. The van der Waals surface area contributed by atoms with Crippen molar-refractivity contribution < 1.29 is 4.79 Å². The molecule has 2 aromatic carbocycles. The Labute approximate surface area is 157 Å². The summed E-state index contributed by atoms with van der Waals surface area (Å²) >= 11 is 0. The van der Waals surface area contributed by atoms with E-state index in [2.05, 4.69) is 27.1 Å². The van der Waals surface area contributed by atoms with Gasteiger partial charge in [-0.05, 0) is 25.2 Å². The summed E-state index contributed by atoms with van der Waals surface area (Å²) in [6, 6.07) is 16.5. The maximum Gasteiger partial charge on any atom is 0.256 e. The first-order valence-electron chi connectivity index (χ1n) is 9.08. The highest BCUT2D eigenvalue weighted by atomic mass is 16.2. The molecule has 6 nitrogen and oxygen atoms in total. The third kappa shape index (κ3) is 3.57. The van der Waals surface area contributed by atoms with Crippen LogP contribution in [0.4, 0.5) is 11.4 Å². The van der Waals surface area contributed by atoms with Crippen molar-refractivity contribution in [3.8, 4) is 0 Å². The van der Waals surface area contributed by atoms with Gasteiger partial charge in [-0.3, -0.25) is 9.59 Å². The van der Waals surface area contributed by atoms with Gasteiger partial charge in [-0.2, -0.15) is 0 Å². The fourth-order valence-corrected chi connectivity index (χ4v) is 3.48. The average Bonchev–Trinajstić information content (AvgIpc) is 2.68. The molecule has 6 heteroatoms. The quantitative estimate of drug-likeness (QED) is 0.751. The number of pyridine rings is 1. The van der Waals surface area contributed by atoms with Gasteiger partial charge in [0.15, 0.2) is 0 Å². The number of nitrogens with zero attached hydrogens (tertiary/aromatic N) is 2. The van der Waals surface area contributed by atoms with Gasteiger partial charge in [0.25, 0.3) is 5.91 Å². The molecule has 3 aromatic rings. The molecule has 0 spiro atoms. The first kappa shape index (κ1) is 17.3. The fraction of sp³-hybridized carbons (Fsp3) is 0.238. The summed E-state index contributed by atoms with van der Waals surface area (Å²) in [5.74, 6) is -0.279. The van der Waals surface area contributed by atoms with Crippen LogP contribution in [0.3, 0.4) is 0 Å². The molecular formula is C21H22N4O2. The van der Waals surface area contributed by atoms with Crippen LogP contribution in [0.25, 0.3) is 10.9 Å². The van der Waals surface area contributed by atoms with Gasteiger partial charge in [-0.15, -0.1) is 0 Å². The van der Waals surface area contributed by atoms with E-state index in [1.807, 2.05) is 42.5 Å². The van der Waals surface area contributed by atoms with E-state index in [-0.39, 0.29) is 11.5 Å². The number of hydrogen-bond donors (Lipinski definition) is 2. The maximum absolute atomic E-state index is 13.0. The number of piperazine rings is 1. The van der Waals surface area contributed by atoms with Gasteiger partial charge in [0.2, 0.25) is 5.56 Å². The Hall–Kier alpha value is -3.12. The number of rotatable bonds is 3. The molecule has 1 aromatic heterocycles. The standard InChI is InChI=1S/C21H22N4O2/c1-24-10-12-25(13-11-24)19-9-5-4-8-18(19)23-21(27)16-14-20(26)22-17-7-3-2-6-15(16)17/h2-9,14H,10-13H2,1H3,(H,22,26)(H,23,27). The van der Waals surface area contributed by atoms with Crippen LogP contribution in [0.2, 0.25) is 0 Å². The number of aromatic amines is 1. The number of amides is 1. The lowest BCUT2D eigenvalue weighted by Gasteiger charge is -2.35. The lowest BCUT2D eigenvalue weighted by Crippen LogP contribution is -2.44. The van der Waals surface area contributed by atoms with E-state index >= 15 is 0 Å². The summed E-state index contributed by atoms with van der Waals surface area (Å²) in [5, 5.41) is 3.74. The maximum atomic E-state index is 13.0. The van der Waals surface area contributed by atoms with Gasteiger partial charge < -0.3 is 20.1 Å². The summed E-state index contributed by atoms with van der Waals surface area (Å²) < 4.78 is 0. The minimum Gasteiger partial charge on any atom is -0.367 e. The predicted molar refractivity (Wildman–Crippen MR) is 109 cm³/mol. The number of H-pyrrole nitrogens is 1. The summed E-state index contributed by atoms with van der Waals surface area (Å²) in [6.07, 6.45) is 0. The van der Waals surface area contributed by atoms with Crippen LogP contribution in [-0.2, 0) is 0 Å². The van der Waals surface area contributed by atoms with Crippen molar-refractivity contribution in [1.82, 2.24) is 9.88 Å². The Morgan fingerprint density at radius 2 is 1.70 bits per heavy atom. The van der Waals surface area contributed by atoms with Crippen molar-refractivity contribution in [2.24, 2.45) is 0 Å². The number of nitrogens with one attached hydrogen (secondary N) is 2. The zero-order valence-electron chi connectivity index (χ0n) is 15.2. The SMILES string of the molecule is CN1CCN(c2ccccc2NC(=O)c2cc(=O)[nH]c3ccccc23)CC1. The summed E-state index contributed by atoms with van der Waals surface area (Å²) in [5.41, 5.74) is 2.51. The number of carbonyl (C=O) groups excluding carboxylic acids is 1. The second-order valence-electron chi connectivity index (χ2n) is 6.85. The molecule has 1 amide bonds. The van der Waals surface area contributed by atoms with Gasteiger partial charge in [-0.1, -0.05) is 30.3 Å². The lowest BCUT2D eigenvalue weighted by atomic mass is 10.1. The predicted octanol–water partition coefficient (Wildman–Crippen LogP) is 2.53. The minimum absolute atomic E-state index is 0.279. The van der Waals surface area contributed by atoms with Gasteiger partial charge in [0.1, 0.15) is 0 Å². The molecule has 138 valence electrons. The van der Waals surface area contributed by atoms with Gasteiger partial charge in [0, 0.05) is 43.1 Å². The molecule has 4 rings (SSSR count). The number of anilines is 2. The van der Waals surface area contributed by atoms with Crippen LogP contribution in [0, 0.1) is 0 Å². The number of aromatic nitrogens is 1. The van der Waals surface area contributed by atoms with Crippen molar-refractivity contribution in [1.29, 1.82) is 0 Å². The Morgan fingerprint density at radius 1 is 1.00 bits per heavy atom. The highest BCUT2D eigenvalue weighted by Gasteiger charge is 2.19. The summed E-state index contributed by atoms with van der Waals surface area (Å²) in [4.78, 5) is 32.3. The van der Waals surface area contributed by atoms with E-state index in [1.165, 1.54) is 6.07 Å². The van der Waals surface area contributed by atoms with Crippen molar-refractivity contribution in [3.63, 3.8) is 0 Å². The van der Waals surface area contributed by atoms with E-state index in [0.717, 1.165) is 42.9 Å². The van der Waals surface area contributed by atoms with Gasteiger partial charge in [0.05, 0.1) is 16.9 Å². The monoisotopic (exact) mass is 362 g/mol. The second kappa shape index (κ2) is 7.25. The molecule has 0 atom stereocenters.